The first-order chi connectivity index (χ1) is 18.0. The Balaban J connectivity index is 2.19. The van der Waals surface area contributed by atoms with Gasteiger partial charge in [0.15, 0.2) is 11.4 Å². The van der Waals surface area contributed by atoms with E-state index < -0.39 is 58.7 Å². The second-order valence-corrected chi connectivity index (χ2v) is 8.56. The van der Waals surface area contributed by atoms with Gasteiger partial charge in [0.2, 0.25) is 0 Å². The number of carbonyl (C=O) groups excluding carboxylic acids is 2. The van der Waals surface area contributed by atoms with Crippen LogP contribution in [0, 0.1) is 15.9 Å². The highest BCUT2D eigenvalue weighted by Crippen LogP contribution is 2.45. The molecule has 1 amide bonds. The number of nitrogens with zero attached hydrogens (tertiary/aromatic N) is 4. The normalized spacial score (nSPS) is 14.9. The summed E-state index contributed by atoms with van der Waals surface area (Å²) in [5.41, 5.74) is -2.35. The van der Waals surface area contributed by atoms with E-state index in [9.17, 15) is 39.5 Å². The van der Waals surface area contributed by atoms with Crippen LogP contribution in [0.1, 0.15) is 32.3 Å². The van der Waals surface area contributed by atoms with Gasteiger partial charge in [-0.3, -0.25) is 14.9 Å². The molecule has 1 heterocycles. The molecule has 0 radical (unpaired) electrons. The molecular weight excluding hydrogens is 511 g/mol. The quantitative estimate of drug-likeness (QED) is 0.111. The predicted octanol–water partition coefficient (Wildman–Crippen LogP) is 2.10. The van der Waals surface area contributed by atoms with Gasteiger partial charge in [-0.05, 0) is 19.8 Å². The second-order valence-electron chi connectivity index (χ2n) is 8.56. The molecule has 14 nitrogen and oxygen atoms in total. The monoisotopic (exact) mass is 538 g/mol. The summed E-state index contributed by atoms with van der Waals surface area (Å²) >= 11 is 0. The average Bonchev–Trinajstić information content (AvgIpc) is 3.68. The minimum Gasteiger partial charge on any atom is -0.477 e. The van der Waals surface area contributed by atoms with Crippen molar-refractivity contribution < 1.29 is 48.2 Å². The molecule has 1 aliphatic heterocycles. The Kier molecular flexibility index (Phi) is 8.70. The fourth-order valence-corrected chi connectivity index (χ4v) is 4.12. The van der Waals surface area contributed by atoms with E-state index in [-0.39, 0.29) is 49.7 Å². The molecule has 1 aromatic carbocycles. The molecule has 1 saturated heterocycles. The number of hydrogen-bond donors (Lipinski definition) is 2. The zero-order valence-corrected chi connectivity index (χ0v) is 20.7. The van der Waals surface area contributed by atoms with Crippen molar-refractivity contribution in [2.75, 3.05) is 42.6 Å². The first-order valence-corrected chi connectivity index (χ1v) is 11.7. The Morgan fingerprint density at radius 2 is 1.76 bits per heavy atom. The number of hydrogen-bond acceptors (Lipinski definition) is 10. The van der Waals surface area contributed by atoms with Gasteiger partial charge in [0, 0.05) is 50.9 Å². The molecule has 3 rings (SSSR count). The van der Waals surface area contributed by atoms with Crippen molar-refractivity contribution in [3.05, 3.63) is 39.3 Å². The highest BCUT2D eigenvalue weighted by molar-refractivity contribution is 6.12. The lowest BCUT2D eigenvalue weighted by Crippen LogP contribution is -2.49. The maximum Gasteiger partial charge on any atom is 0.409 e. The molecule has 0 aromatic heterocycles. The predicted molar refractivity (Wildman–Crippen MR) is 128 cm³/mol. The van der Waals surface area contributed by atoms with E-state index in [1.54, 1.807) is 6.92 Å². The van der Waals surface area contributed by atoms with Gasteiger partial charge in [-0.15, -0.1) is 0 Å². The second kappa shape index (κ2) is 11.7. The molecular formula is C23H27FN4O10. The Bertz CT molecular complexity index is 1160. The largest absolute Gasteiger partial charge is 0.477 e. The lowest BCUT2D eigenvalue weighted by molar-refractivity contribution is -0.384. The summed E-state index contributed by atoms with van der Waals surface area (Å²) < 4.78 is 25.6. The highest BCUT2D eigenvalue weighted by Gasteiger charge is 2.39. The van der Waals surface area contributed by atoms with Crippen molar-refractivity contribution in [3.63, 3.8) is 0 Å². The number of carboxylic acids is 2. The Hall–Kier alpha value is -4.43. The average molecular weight is 538 g/mol. The van der Waals surface area contributed by atoms with Gasteiger partial charge >= 0.3 is 24.0 Å². The molecule has 2 N–H and O–H groups in total. The summed E-state index contributed by atoms with van der Waals surface area (Å²) in [5, 5.41) is 30.8. The number of amides is 1. The summed E-state index contributed by atoms with van der Waals surface area (Å²) in [7, 11) is 0. The SMILES string of the molecule is CCOC(=O)N1CCN(c2c(F)cc([N+](=O)[O-])c(N(C=C(C(=O)O)C(=O)O)C3CC3)c2COC(C)=O)CC1. The molecule has 0 bridgehead atoms. The summed E-state index contributed by atoms with van der Waals surface area (Å²) in [5.74, 6) is -5.30. The van der Waals surface area contributed by atoms with Crippen LogP contribution in [0.4, 0.5) is 26.2 Å². The van der Waals surface area contributed by atoms with Gasteiger partial charge in [-0.2, -0.15) is 0 Å². The van der Waals surface area contributed by atoms with Crippen LogP contribution in [0.2, 0.25) is 0 Å². The van der Waals surface area contributed by atoms with E-state index in [1.165, 1.54) is 9.80 Å². The molecule has 1 saturated carbocycles. The first-order valence-electron chi connectivity index (χ1n) is 11.7. The highest BCUT2D eigenvalue weighted by atomic mass is 19.1. The van der Waals surface area contributed by atoms with Gasteiger partial charge in [-0.1, -0.05) is 0 Å². The number of anilines is 2. The van der Waals surface area contributed by atoms with Gasteiger partial charge in [-0.25, -0.2) is 18.8 Å². The number of ether oxygens (including phenoxy) is 2. The number of carbonyl (C=O) groups is 4. The maximum absolute atomic E-state index is 15.5. The topological polar surface area (TPSA) is 180 Å². The van der Waals surface area contributed by atoms with Gasteiger partial charge in [0.05, 0.1) is 23.3 Å². The van der Waals surface area contributed by atoms with Crippen molar-refractivity contribution in [2.24, 2.45) is 0 Å². The van der Waals surface area contributed by atoms with Gasteiger partial charge in [0.25, 0.3) is 5.69 Å². The number of nitro groups is 1. The molecule has 1 aromatic rings. The number of halogens is 1. The van der Waals surface area contributed by atoms with Crippen molar-refractivity contribution in [1.29, 1.82) is 0 Å². The molecule has 0 atom stereocenters. The molecule has 206 valence electrons. The fraction of sp³-hybridized carbons (Fsp3) is 0.478. The summed E-state index contributed by atoms with van der Waals surface area (Å²) in [6.07, 6.45) is 1.13. The fourth-order valence-electron chi connectivity index (χ4n) is 4.12. The van der Waals surface area contributed by atoms with Crippen LogP contribution in [0.15, 0.2) is 17.8 Å². The van der Waals surface area contributed by atoms with Crippen molar-refractivity contribution >= 4 is 41.1 Å². The molecule has 38 heavy (non-hydrogen) atoms. The third-order valence-electron chi connectivity index (χ3n) is 5.97. The number of nitro benzene ring substituents is 1. The summed E-state index contributed by atoms with van der Waals surface area (Å²) in [6.45, 7) is 2.82. The van der Waals surface area contributed by atoms with Crippen LogP contribution in [-0.4, -0.2) is 82.9 Å². The number of aliphatic carboxylic acids is 2. The van der Waals surface area contributed by atoms with E-state index in [2.05, 4.69) is 0 Å². The minimum atomic E-state index is -1.77. The number of benzene rings is 1. The number of carboxylic acid groups (broad SMARTS) is 2. The van der Waals surface area contributed by atoms with E-state index in [1.807, 2.05) is 0 Å². The van der Waals surface area contributed by atoms with Crippen molar-refractivity contribution in [2.45, 2.75) is 39.3 Å². The van der Waals surface area contributed by atoms with Crippen LogP contribution in [0.5, 0.6) is 0 Å². The van der Waals surface area contributed by atoms with Gasteiger partial charge in [0.1, 0.15) is 12.3 Å². The van der Waals surface area contributed by atoms with E-state index in [0.717, 1.165) is 18.0 Å². The molecule has 0 unspecified atom stereocenters. The van der Waals surface area contributed by atoms with Crippen LogP contribution in [0.3, 0.4) is 0 Å². The van der Waals surface area contributed by atoms with E-state index in [0.29, 0.717) is 18.9 Å². The Morgan fingerprint density at radius 3 is 2.24 bits per heavy atom. The van der Waals surface area contributed by atoms with Crippen LogP contribution < -0.4 is 9.80 Å². The lowest BCUT2D eigenvalue weighted by atomic mass is 10.0. The molecule has 15 heteroatoms. The minimum absolute atomic E-state index is 0.106. The third-order valence-corrected chi connectivity index (χ3v) is 5.97. The number of rotatable bonds is 10. The van der Waals surface area contributed by atoms with Crippen LogP contribution in [-0.2, 0) is 30.5 Å². The Labute approximate surface area is 215 Å². The van der Waals surface area contributed by atoms with Crippen molar-refractivity contribution in [1.82, 2.24) is 4.90 Å². The summed E-state index contributed by atoms with van der Waals surface area (Å²) in [6, 6.07) is 0.168. The molecule has 2 fully saturated rings. The first kappa shape index (κ1) is 28.1. The lowest BCUT2D eigenvalue weighted by Gasteiger charge is -2.37. The maximum atomic E-state index is 15.5. The summed E-state index contributed by atoms with van der Waals surface area (Å²) in [4.78, 5) is 62.1. The molecule has 0 spiro atoms. The number of piperazine rings is 1. The van der Waals surface area contributed by atoms with Crippen LogP contribution in [0.25, 0.3) is 0 Å². The third kappa shape index (κ3) is 6.27. The number of esters is 1. The van der Waals surface area contributed by atoms with E-state index >= 15 is 4.39 Å². The van der Waals surface area contributed by atoms with Gasteiger partial charge < -0.3 is 34.4 Å². The smallest absolute Gasteiger partial charge is 0.409 e. The van der Waals surface area contributed by atoms with E-state index in [4.69, 9.17) is 9.47 Å². The zero-order valence-electron chi connectivity index (χ0n) is 20.7. The van der Waals surface area contributed by atoms with Crippen molar-refractivity contribution in [3.8, 4) is 0 Å². The Morgan fingerprint density at radius 1 is 1.16 bits per heavy atom. The molecule has 1 aliphatic carbocycles. The van der Waals surface area contributed by atoms with Crippen LogP contribution >= 0.6 is 0 Å². The zero-order chi connectivity index (χ0) is 28.1. The standard InChI is InChI=1S/C23H27FN4O10/c1-3-37-23(34)26-8-6-25(7-9-26)19-16(12-38-13(2)29)20(18(28(35)36)10-17(19)24)27(14-4-5-14)11-15(21(30)31)22(32)33/h10-11,14H,3-9,12H2,1-2H3,(H,30,31)(H,32,33). The molecule has 2 aliphatic rings.